The molecule has 1 fully saturated rings. The molecule has 0 spiro atoms. The summed E-state index contributed by atoms with van der Waals surface area (Å²) in [4.78, 5) is 22.5. The number of nitrogens with one attached hydrogen (secondary N) is 1. The van der Waals surface area contributed by atoms with E-state index in [4.69, 9.17) is 0 Å². The largest absolute Gasteiger partial charge is 0.364 e. The van der Waals surface area contributed by atoms with E-state index >= 15 is 0 Å². The van der Waals surface area contributed by atoms with Crippen LogP contribution in [0.2, 0.25) is 0 Å². The van der Waals surface area contributed by atoms with Gasteiger partial charge in [-0.25, -0.2) is 0 Å². The quantitative estimate of drug-likeness (QED) is 0.784. The lowest BCUT2D eigenvalue weighted by atomic mass is 9.94. The molecule has 1 N–H and O–H groups in total. The number of ketones is 1. The predicted molar refractivity (Wildman–Crippen MR) is 51.2 cm³/mol. The Labute approximate surface area is 86.8 Å². The highest BCUT2D eigenvalue weighted by Crippen LogP contribution is 2.15. The van der Waals surface area contributed by atoms with Crippen LogP contribution in [0.5, 0.6) is 0 Å². The Morgan fingerprint density at radius 2 is 2.20 bits per heavy atom. The first kappa shape index (κ1) is 9.89. The van der Waals surface area contributed by atoms with Gasteiger partial charge in [-0.3, -0.25) is 9.59 Å². The van der Waals surface area contributed by atoms with E-state index in [0.29, 0.717) is 12.8 Å². The zero-order valence-electron chi connectivity index (χ0n) is 8.23. The van der Waals surface area contributed by atoms with Crippen molar-refractivity contribution < 1.29 is 14.1 Å². The maximum atomic E-state index is 11.5. The molecule has 0 saturated heterocycles. The number of hydrogen-bond acceptors (Lipinski definition) is 4. The van der Waals surface area contributed by atoms with Crippen molar-refractivity contribution in [2.75, 3.05) is 0 Å². The summed E-state index contributed by atoms with van der Waals surface area (Å²) in [6, 6.07) is 1.61. The lowest BCUT2D eigenvalue weighted by Crippen LogP contribution is -2.37. The van der Waals surface area contributed by atoms with Gasteiger partial charge in [0.25, 0.3) is 5.91 Å². The Morgan fingerprint density at radius 3 is 2.80 bits per heavy atom. The van der Waals surface area contributed by atoms with Gasteiger partial charge in [-0.2, -0.15) is 0 Å². The number of hydrogen-bond donors (Lipinski definition) is 1. The fourth-order valence-corrected chi connectivity index (χ4v) is 1.67. The number of Topliss-reactive ketones (excluding diaryl/α,β-unsaturated/α-hetero) is 1. The van der Waals surface area contributed by atoms with Crippen LogP contribution in [0.3, 0.4) is 0 Å². The van der Waals surface area contributed by atoms with E-state index < -0.39 is 0 Å². The molecule has 0 atom stereocenters. The molecule has 0 aliphatic heterocycles. The van der Waals surface area contributed by atoms with Crippen LogP contribution in [-0.4, -0.2) is 22.9 Å². The molecule has 0 radical (unpaired) electrons. The number of carbonyl (C=O) groups is 2. The average Bonchev–Trinajstić information content (AvgIpc) is 2.74. The summed E-state index contributed by atoms with van der Waals surface area (Å²) < 4.78 is 4.58. The molecule has 80 valence electrons. The Hall–Kier alpha value is -1.65. The minimum atomic E-state index is -0.233. The van der Waals surface area contributed by atoms with Crippen LogP contribution in [0.25, 0.3) is 0 Å². The summed E-state index contributed by atoms with van der Waals surface area (Å²) >= 11 is 0. The highest BCUT2D eigenvalue weighted by atomic mass is 16.5. The number of amides is 1. The Balaban J connectivity index is 1.87. The molecule has 1 aliphatic rings. The van der Waals surface area contributed by atoms with Crippen LogP contribution in [0.15, 0.2) is 16.9 Å². The molecule has 5 nitrogen and oxygen atoms in total. The third kappa shape index (κ3) is 2.43. The molecule has 15 heavy (non-hydrogen) atoms. The van der Waals surface area contributed by atoms with Crippen molar-refractivity contribution in [1.29, 1.82) is 0 Å². The van der Waals surface area contributed by atoms with Gasteiger partial charge in [0.05, 0.1) is 0 Å². The third-order valence-corrected chi connectivity index (χ3v) is 2.55. The van der Waals surface area contributed by atoms with Crippen LogP contribution in [0.1, 0.15) is 36.2 Å². The summed E-state index contributed by atoms with van der Waals surface area (Å²) in [6.45, 7) is 0. The summed E-state index contributed by atoms with van der Waals surface area (Å²) in [5, 5.41) is 6.37. The first-order valence-corrected chi connectivity index (χ1v) is 4.98. The topological polar surface area (TPSA) is 72.2 Å². The second kappa shape index (κ2) is 4.25. The van der Waals surface area contributed by atoms with Gasteiger partial charge in [0, 0.05) is 24.9 Å². The molecular weight excluding hydrogens is 196 g/mol. The average molecular weight is 208 g/mol. The normalized spacial score (nSPS) is 17.7. The van der Waals surface area contributed by atoms with Crippen LogP contribution in [0.4, 0.5) is 0 Å². The molecule has 1 heterocycles. The van der Waals surface area contributed by atoms with Crippen LogP contribution >= 0.6 is 0 Å². The van der Waals surface area contributed by atoms with Gasteiger partial charge in [0.1, 0.15) is 12.0 Å². The van der Waals surface area contributed by atoms with Gasteiger partial charge >= 0.3 is 0 Å². The van der Waals surface area contributed by atoms with Gasteiger partial charge in [-0.05, 0) is 12.8 Å². The minimum Gasteiger partial charge on any atom is -0.364 e. The SMILES string of the molecule is O=C1CCC(NC(=O)c2ccon2)CC1. The van der Waals surface area contributed by atoms with Crippen LogP contribution in [0, 0.1) is 0 Å². The van der Waals surface area contributed by atoms with E-state index in [-0.39, 0.29) is 23.4 Å². The summed E-state index contributed by atoms with van der Waals surface area (Å²) in [6.07, 6.45) is 3.93. The molecule has 5 heteroatoms. The summed E-state index contributed by atoms with van der Waals surface area (Å²) in [5.74, 6) is 0.0463. The van der Waals surface area contributed by atoms with Crippen molar-refractivity contribution in [1.82, 2.24) is 10.5 Å². The second-order valence-electron chi connectivity index (χ2n) is 3.67. The van der Waals surface area contributed by atoms with Crippen molar-refractivity contribution in [3.05, 3.63) is 18.0 Å². The second-order valence-corrected chi connectivity index (χ2v) is 3.67. The molecule has 1 aromatic rings. The van der Waals surface area contributed by atoms with Gasteiger partial charge in [0.15, 0.2) is 5.69 Å². The fourth-order valence-electron chi connectivity index (χ4n) is 1.67. The highest BCUT2D eigenvalue weighted by Gasteiger charge is 2.21. The first-order valence-electron chi connectivity index (χ1n) is 4.98. The van der Waals surface area contributed by atoms with E-state index in [0.717, 1.165) is 12.8 Å². The minimum absolute atomic E-state index is 0.0897. The maximum absolute atomic E-state index is 11.5. The van der Waals surface area contributed by atoms with Crippen molar-refractivity contribution in [2.45, 2.75) is 31.7 Å². The van der Waals surface area contributed by atoms with Gasteiger partial charge in [-0.1, -0.05) is 5.16 Å². The van der Waals surface area contributed by atoms with Crippen LogP contribution < -0.4 is 5.32 Å². The first-order chi connectivity index (χ1) is 7.25. The van der Waals surface area contributed by atoms with Gasteiger partial charge in [0.2, 0.25) is 0 Å². The summed E-state index contributed by atoms with van der Waals surface area (Å²) in [7, 11) is 0. The molecule has 1 amide bonds. The van der Waals surface area contributed by atoms with Gasteiger partial charge in [-0.15, -0.1) is 0 Å². The van der Waals surface area contributed by atoms with Gasteiger partial charge < -0.3 is 9.84 Å². The van der Waals surface area contributed by atoms with Crippen LogP contribution in [-0.2, 0) is 4.79 Å². The van der Waals surface area contributed by atoms with Crippen molar-refractivity contribution in [3.8, 4) is 0 Å². The molecular formula is C10H12N2O3. The van der Waals surface area contributed by atoms with Crippen molar-refractivity contribution in [3.63, 3.8) is 0 Å². The van der Waals surface area contributed by atoms with E-state index in [2.05, 4.69) is 15.0 Å². The smallest absolute Gasteiger partial charge is 0.273 e. The van der Waals surface area contributed by atoms with E-state index in [1.54, 1.807) is 0 Å². The molecule has 1 saturated carbocycles. The third-order valence-electron chi connectivity index (χ3n) is 2.55. The number of rotatable bonds is 2. The zero-order chi connectivity index (χ0) is 10.7. The molecule has 0 bridgehead atoms. The number of carbonyl (C=O) groups excluding carboxylic acids is 2. The lowest BCUT2D eigenvalue weighted by Gasteiger charge is -2.21. The number of aromatic nitrogens is 1. The fraction of sp³-hybridized carbons (Fsp3) is 0.500. The monoisotopic (exact) mass is 208 g/mol. The maximum Gasteiger partial charge on any atom is 0.273 e. The van der Waals surface area contributed by atoms with E-state index in [1.165, 1.54) is 12.3 Å². The van der Waals surface area contributed by atoms with E-state index in [1.807, 2.05) is 0 Å². The molecule has 1 aromatic heterocycles. The zero-order valence-corrected chi connectivity index (χ0v) is 8.23. The molecule has 1 aliphatic carbocycles. The molecule has 0 unspecified atom stereocenters. The standard InChI is InChI=1S/C10H12N2O3/c13-8-3-1-7(2-4-8)11-10(14)9-5-6-15-12-9/h5-7H,1-4H2,(H,11,14). The van der Waals surface area contributed by atoms with Crippen molar-refractivity contribution in [2.24, 2.45) is 0 Å². The Kier molecular flexibility index (Phi) is 2.80. The highest BCUT2D eigenvalue weighted by molar-refractivity contribution is 5.92. The Morgan fingerprint density at radius 1 is 1.47 bits per heavy atom. The molecule has 2 rings (SSSR count). The summed E-state index contributed by atoms with van der Waals surface area (Å²) in [5.41, 5.74) is 0.284. The van der Waals surface area contributed by atoms with Crippen molar-refractivity contribution >= 4 is 11.7 Å². The Bertz CT molecular complexity index is 349. The lowest BCUT2D eigenvalue weighted by molar-refractivity contribution is -0.120. The number of nitrogens with zero attached hydrogens (tertiary/aromatic N) is 1. The van der Waals surface area contributed by atoms with E-state index in [9.17, 15) is 9.59 Å². The molecule has 0 aromatic carbocycles. The predicted octanol–water partition coefficient (Wildman–Crippen LogP) is 0.916.